The molecule has 9 unspecified atom stereocenters. The maximum atomic E-state index is 12.6. The second kappa shape index (κ2) is 11.4. The lowest BCUT2D eigenvalue weighted by atomic mass is 9.77. The molecule has 3 aliphatic rings. The van der Waals surface area contributed by atoms with Gasteiger partial charge in [-0.15, -0.1) is 6.58 Å². The maximum Gasteiger partial charge on any atom is 0.337 e. The number of phenolic OH excluding ortho intramolecular Hbond substituents is 2. The van der Waals surface area contributed by atoms with E-state index in [2.05, 4.69) is 11.9 Å². The molecule has 12 nitrogen and oxygen atoms in total. The smallest absolute Gasteiger partial charge is 0.337 e. The number of phenols is 2. The zero-order valence-corrected chi connectivity index (χ0v) is 20.3. The molecule has 0 bridgehead atoms. The van der Waals surface area contributed by atoms with Gasteiger partial charge in [-0.2, -0.15) is 0 Å². The molecule has 37 heavy (non-hydrogen) atoms. The summed E-state index contributed by atoms with van der Waals surface area (Å²) in [5, 5.41) is 63.4. The quantitative estimate of drug-likeness (QED) is 0.136. The van der Waals surface area contributed by atoms with Crippen molar-refractivity contribution < 1.29 is 54.4 Å². The fraction of sp³-hybridized carbons (Fsp3) is 0.560. The van der Waals surface area contributed by atoms with Gasteiger partial charge < -0.3 is 54.9 Å². The van der Waals surface area contributed by atoms with E-state index in [4.69, 9.17) is 18.9 Å². The summed E-state index contributed by atoms with van der Waals surface area (Å²) in [6.07, 6.45) is -4.85. The largest absolute Gasteiger partial charge is 0.504 e. The zero-order chi connectivity index (χ0) is 26.9. The predicted octanol–water partition coefficient (Wildman–Crippen LogP) is -0.677. The van der Waals surface area contributed by atoms with Gasteiger partial charge in [0.1, 0.15) is 24.4 Å². The number of hydrogen-bond acceptors (Lipinski definition) is 12. The number of esters is 1. The molecule has 3 aliphatic heterocycles. The molecule has 3 heterocycles. The Balaban J connectivity index is 1.61. The fourth-order valence-electron chi connectivity index (χ4n) is 5.16. The van der Waals surface area contributed by atoms with Gasteiger partial charge in [0.2, 0.25) is 6.29 Å². The lowest BCUT2D eigenvalue weighted by Gasteiger charge is -2.43. The molecular weight excluding hydrogens is 490 g/mol. The number of fused-ring (bicyclic) bond motifs is 1. The van der Waals surface area contributed by atoms with Gasteiger partial charge in [0, 0.05) is 17.9 Å². The van der Waals surface area contributed by atoms with Crippen molar-refractivity contribution in [3.05, 3.63) is 47.7 Å². The van der Waals surface area contributed by atoms with Crippen molar-refractivity contribution in [1.82, 2.24) is 5.32 Å². The highest BCUT2D eigenvalue weighted by Crippen LogP contribution is 2.42. The summed E-state index contributed by atoms with van der Waals surface area (Å²) < 4.78 is 21.9. The van der Waals surface area contributed by atoms with E-state index in [1.807, 2.05) is 0 Å². The number of methoxy groups -OCH3 is 1. The van der Waals surface area contributed by atoms with E-state index in [1.54, 1.807) is 0 Å². The lowest BCUT2D eigenvalue weighted by molar-refractivity contribution is -0.339. The Kier molecular flexibility index (Phi) is 8.39. The first-order valence-corrected chi connectivity index (χ1v) is 12.0. The molecule has 4 rings (SSSR count). The summed E-state index contributed by atoms with van der Waals surface area (Å²) in [6.45, 7) is 3.86. The Morgan fingerprint density at radius 1 is 1.16 bits per heavy atom. The average Bonchev–Trinajstić information content (AvgIpc) is 2.89. The monoisotopic (exact) mass is 523 g/mol. The van der Waals surface area contributed by atoms with Gasteiger partial charge in [-0.25, -0.2) is 4.79 Å². The SMILES string of the molecule is C=CC1C(OC2OC(CO)C(O)C(O)C2O)OC=C(C(=O)OC)C1CC1NCCc2cc(O)c(O)cc21. The second-order valence-corrected chi connectivity index (χ2v) is 9.35. The molecule has 1 aromatic carbocycles. The molecule has 1 saturated heterocycles. The summed E-state index contributed by atoms with van der Waals surface area (Å²) in [4.78, 5) is 12.6. The zero-order valence-electron chi connectivity index (χ0n) is 20.3. The first-order valence-electron chi connectivity index (χ1n) is 12.0. The van der Waals surface area contributed by atoms with Gasteiger partial charge in [-0.3, -0.25) is 0 Å². The maximum absolute atomic E-state index is 12.6. The van der Waals surface area contributed by atoms with Crippen molar-refractivity contribution >= 4 is 5.97 Å². The van der Waals surface area contributed by atoms with Crippen LogP contribution in [0.3, 0.4) is 0 Å². The number of aliphatic hydroxyl groups excluding tert-OH is 4. The molecule has 7 N–H and O–H groups in total. The van der Waals surface area contributed by atoms with Crippen LogP contribution in [0, 0.1) is 11.8 Å². The van der Waals surface area contributed by atoms with Crippen molar-refractivity contribution in [1.29, 1.82) is 0 Å². The summed E-state index contributed by atoms with van der Waals surface area (Å²) in [5.74, 6) is -2.31. The molecule has 0 amide bonds. The number of aromatic hydroxyl groups is 2. The van der Waals surface area contributed by atoms with Crippen LogP contribution < -0.4 is 5.32 Å². The highest BCUT2D eigenvalue weighted by molar-refractivity contribution is 5.89. The average molecular weight is 524 g/mol. The van der Waals surface area contributed by atoms with Crippen molar-refractivity contribution in [2.45, 2.75) is 55.9 Å². The molecule has 12 heteroatoms. The summed E-state index contributed by atoms with van der Waals surface area (Å²) in [7, 11) is 1.24. The van der Waals surface area contributed by atoms with Crippen molar-refractivity contribution in [3.63, 3.8) is 0 Å². The first-order chi connectivity index (χ1) is 17.7. The minimum Gasteiger partial charge on any atom is -0.504 e. The summed E-state index contributed by atoms with van der Waals surface area (Å²) >= 11 is 0. The van der Waals surface area contributed by atoms with E-state index in [0.29, 0.717) is 19.4 Å². The topological polar surface area (TPSA) is 187 Å². The predicted molar refractivity (Wildman–Crippen MR) is 126 cm³/mol. The van der Waals surface area contributed by atoms with Gasteiger partial charge in [0.15, 0.2) is 17.8 Å². The Morgan fingerprint density at radius 2 is 1.89 bits per heavy atom. The van der Waals surface area contributed by atoms with E-state index in [0.717, 1.165) is 11.1 Å². The second-order valence-electron chi connectivity index (χ2n) is 9.35. The van der Waals surface area contributed by atoms with Crippen LogP contribution in [0.5, 0.6) is 11.5 Å². The number of aliphatic hydroxyl groups is 4. The minimum atomic E-state index is -1.64. The van der Waals surface area contributed by atoms with Crippen LogP contribution in [-0.2, 0) is 30.2 Å². The van der Waals surface area contributed by atoms with E-state index < -0.39 is 61.4 Å². The number of rotatable bonds is 7. The Bertz CT molecular complexity index is 1030. The normalized spacial score (nSPS) is 35.6. The van der Waals surface area contributed by atoms with Gasteiger partial charge in [0.25, 0.3) is 0 Å². The molecule has 1 aromatic rings. The third-order valence-corrected chi connectivity index (χ3v) is 7.20. The van der Waals surface area contributed by atoms with Gasteiger partial charge >= 0.3 is 5.97 Å². The molecule has 1 fully saturated rings. The van der Waals surface area contributed by atoms with Gasteiger partial charge in [-0.1, -0.05) is 6.08 Å². The van der Waals surface area contributed by atoms with Crippen molar-refractivity contribution in [2.75, 3.05) is 20.3 Å². The highest BCUT2D eigenvalue weighted by Gasteiger charge is 2.48. The molecule has 204 valence electrons. The van der Waals surface area contributed by atoms with Crippen LogP contribution in [0.1, 0.15) is 23.6 Å². The Morgan fingerprint density at radius 3 is 2.57 bits per heavy atom. The summed E-state index contributed by atoms with van der Waals surface area (Å²) in [5.41, 5.74) is 1.85. The van der Waals surface area contributed by atoms with Crippen molar-refractivity contribution in [3.8, 4) is 11.5 Å². The number of carbonyl (C=O) groups excluding carboxylic acids is 1. The number of nitrogens with one attached hydrogen (secondary N) is 1. The van der Waals surface area contributed by atoms with Crippen LogP contribution in [0.2, 0.25) is 0 Å². The first kappa shape index (κ1) is 27.3. The van der Waals surface area contributed by atoms with E-state index in [1.165, 1.54) is 31.6 Å². The third-order valence-electron chi connectivity index (χ3n) is 7.20. The number of hydrogen-bond donors (Lipinski definition) is 7. The molecule has 9 atom stereocenters. The molecule has 0 radical (unpaired) electrons. The lowest BCUT2D eigenvalue weighted by Crippen LogP contribution is -2.60. The molecule has 0 aliphatic carbocycles. The van der Waals surface area contributed by atoms with Crippen LogP contribution in [-0.4, -0.2) is 93.9 Å². The van der Waals surface area contributed by atoms with Crippen LogP contribution >= 0.6 is 0 Å². The molecule has 0 spiro atoms. The number of ether oxygens (including phenoxy) is 4. The van der Waals surface area contributed by atoms with Crippen LogP contribution in [0.25, 0.3) is 0 Å². The minimum absolute atomic E-state index is 0.211. The van der Waals surface area contributed by atoms with Crippen molar-refractivity contribution in [2.24, 2.45) is 11.8 Å². The Hall–Kier alpha value is -2.71. The van der Waals surface area contributed by atoms with Crippen LogP contribution in [0.15, 0.2) is 36.6 Å². The van der Waals surface area contributed by atoms with Gasteiger partial charge in [0.05, 0.1) is 25.6 Å². The molecule has 0 saturated carbocycles. The molecular formula is C25H33NO11. The third kappa shape index (κ3) is 5.32. The standard InChI is InChI=1S/C25H33NO11/c1-3-12-14(7-16-13-8-18(29)17(28)6-11(13)4-5-26-16)15(23(33)34-2)10-35-24(12)37-25-22(32)21(31)20(30)19(9-27)36-25/h3,6,8,10,12,14,16,19-22,24-32H,1,4-5,7,9H2,2H3. The van der Waals surface area contributed by atoms with Crippen LogP contribution in [0.4, 0.5) is 0 Å². The number of carbonyl (C=O) groups is 1. The van der Waals surface area contributed by atoms with E-state index in [-0.39, 0.29) is 23.1 Å². The highest BCUT2D eigenvalue weighted by atomic mass is 16.8. The Labute approximate surface area is 213 Å². The van der Waals surface area contributed by atoms with E-state index >= 15 is 0 Å². The summed E-state index contributed by atoms with van der Waals surface area (Å²) in [6, 6.07) is 2.70. The van der Waals surface area contributed by atoms with Gasteiger partial charge in [-0.05, 0) is 42.6 Å². The molecule has 0 aromatic heterocycles. The number of benzene rings is 1. The fourth-order valence-corrected chi connectivity index (χ4v) is 5.16. The van der Waals surface area contributed by atoms with E-state index in [9.17, 15) is 35.4 Å².